The number of aryl methyl sites for hydroxylation is 2. The van der Waals surface area contributed by atoms with Crippen LogP contribution >= 0.6 is 11.3 Å². The van der Waals surface area contributed by atoms with Gasteiger partial charge < -0.3 is 5.73 Å². The zero-order valence-electron chi connectivity index (χ0n) is 9.77. The molecule has 2 heterocycles. The fraction of sp³-hybridized carbons (Fsp3) is 0.154. The zero-order valence-corrected chi connectivity index (χ0v) is 10.6. The van der Waals surface area contributed by atoms with Crippen LogP contribution in [0.2, 0.25) is 0 Å². The fourth-order valence-corrected chi connectivity index (χ4v) is 2.60. The highest BCUT2D eigenvalue weighted by Gasteiger charge is 2.08. The number of rotatable bonds is 1. The number of thiazole rings is 1. The van der Waals surface area contributed by atoms with Gasteiger partial charge in [0.15, 0.2) is 4.96 Å². The minimum Gasteiger partial charge on any atom is -0.384 e. The second kappa shape index (κ2) is 3.60. The lowest BCUT2D eigenvalue weighted by Gasteiger charge is -2.02. The summed E-state index contributed by atoms with van der Waals surface area (Å²) in [6, 6.07) is 6.39. The summed E-state index contributed by atoms with van der Waals surface area (Å²) in [6.45, 7) is 4.23. The lowest BCUT2D eigenvalue weighted by atomic mass is 10.1. The van der Waals surface area contributed by atoms with Crippen LogP contribution in [-0.4, -0.2) is 9.38 Å². The minimum atomic E-state index is 0.743. The third-order valence-electron chi connectivity index (χ3n) is 3.04. The van der Waals surface area contributed by atoms with Gasteiger partial charge in [0.05, 0.1) is 5.69 Å². The molecule has 0 fully saturated rings. The van der Waals surface area contributed by atoms with Crippen LogP contribution in [-0.2, 0) is 0 Å². The standard InChI is InChI=1S/C13H13N3S/c1-8-3-4-10(5-9(8)2)11-6-16-12(14)7-17-13(16)15-11/h3-7H,14H2,1-2H3. The van der Waals surface area contributed by atoms with Gasteiger partial charge in [-0.25, -0.2) is 4.98 Å². The van der Waals surface area contributed by atoms with Crippen molar-refractivity contribution in [3.05, 3.63) is 40.9 Å². The highest BCUT2D eigenvalue weighted by molar-refractivity contribution is 7.15. The second-order valence-corrected chi connectivity index (χ2v) is 5.07. The monoisotopic (exact) mass is 243 g/mol. The largest absolute Gasteiger partial charge is 0.384 e. The average molecular weight is 243 g/mol. The van der Waals surface area contributed by atoms with E-state index in [9.17, 15) is 0 Å². The van der Waals surface area contributed by atoms with Crippen LogP contribution in [0.25, 0.3) is 16.2 Å². The lowest BCUT2D eigenvalue weighted by molar-refractivity contribution is 1.24. The molecule has 0 bridgehead atoms. The Morgan fingerprint density at radius 1 is 1.24 bits per heavy atom. The predicted molar refractivity (Wildman–Crippen MR) is 72.4 cm³/mol. The van der Waals surface area contributed by atoms with Gasteiger partial charge in [-0.15, -0.1) is 11.3 Å². The zero-order chi connectivity index (χ0) is 12.0. The Balaban J connectivity index is 2.16. The van der Waals surface area contributed by atoms with Gasteiger partial charge in [-0.05, 0) is 31.0 Å². The number of fused-ring (bicyclic) bond motifs is 1. The maximum atomic E-state index is 5.86. The summed E-state index contributed by atoms with van der Waals surface area (Å²) < 4.78 is 1.93. The molecule has 0 saturated heterocycles. The summed E-state index contributed by atoms with van der Waals surface area (Å²) >= 11 is 1.56. The molecule has 1 aromatic carbocycles. The molecule has 3 nitrogen and oxygen atoms in total. The van der Waals surface area contributed by atoms with Gasteiger partial charge in [-0.3, -0.25) is 4.40 Å². The van der Waals surface area contributed by atoms with Crippen molar-refractivity contribution in [3.8, 4) is 11.3 Å². The van der Waals surface area contributed by atoms with E-state index >= 15 is 0 Å². The Morgan fingerprint density at radius 3 is 2.76 bits per heavy atom. The van der Waals surface area contributed by atoms with E-state index in [2.05, 4.69) is 37.0 Å². The fourth-order valence-electron chi connectivity index (χ4n) is 1.84. The molecule has 0 spiro atoms. The Hall–Kier alpha value is -1.81. The van der Waals surface area contributed by atoms with Crippen LogP contribution in [0.4, 0.5) is 5.82 Å². The number of nitrogens with two attached hydrogens (primary N) is 1. The van der Waals surface area contributed by atoms with Crippen LogP contribution in [0.15, 0.2) is 29.8 Å². The van der Waals surface area contributed by atoms with E-state index in [0.29, 0.717) is 0 Å². The molecule has 17 heavy (non-hydrogen) atoms. The van der Waals surface area contributed by atoms with Crippen molar-refractivity contribution in [1.29, 1.82) is 0 Å². The van der Waals surface area contributed by atoms with Gasteiger partial charge in [-0.2, -0.15) is 0 Å². The average Bonchev–Trinajstić information content (AvgIpc) is 2.86. The highest BCUT2D eigenvalue weighted by atomic mass is 32.1. The molecule has 3 aromatic rings. The molecule has 0 aliphatic heterocycles. The van der Waals surface area contributed by atoms with Crippen molar-refractivity contribution in [1.82, 2.24) is 9.38 Å². The summed E-state index contributed by atoms with van der Waals surface area (Å²) in [5.41, 5.74) is 10.6. The van der Waals surface area contributed by atoms with E-state index in [1.54, 1.807) is 11.3 Å². The van der Waals surface area contributed by atoms with Crippen LogP contribution in [0.5, 0.6) is 0 Å². The number of imidazole rings is 1. The third kappa shape index (κ3) is 1.61. The van der Waals surface area contributed by atoms with E-state index in [4.69, 9.17) is 5.73 Å². The molecule has 4 heteroatoms. The van der Waals surface area contributed by atoms with Gasteiger partial charge >= 0.3 is 0 Å². The normalized spacial score (nSPS) is 11.2. The molecular weight excluding hydrogens is 230 g/mol. The van der Waals surface area contributed by atoms with Gasteiger partial charge in [0.1, 0.15) is 5.82 Å². The molecule has 2 N–H and O–H groups in total. The minimum absolute atomic E-state index is 0.743. The summed E-state index contributed by atoms with van der Waals surface area (Å²) in [5, 5.41) is 1.91. The molecule has 0 radical (unpaired) electrons. The SMILES string of the molecule is Cc1ccc(-c2cn3c(N)csc3n2)cc1C. The van der Waals surface area contributed by atoms with Crippen molar-refractivity contribution >= 4 is 22.1 Å². The maximum absolute atomic E-state index is 5.86. The summed E-state index contributed by atoms with van der Waals surface area (Å²) in [4.78, 5) is 5.52. The molecule has 0 saturated carbocycles. The number of nitrogens with zero attached hydrogens (tertiary/aromatic N) is 2. The molecular formula is C13H13N3S. The first kappa shape index (κ1) is 10.4. The van der Waals surface area contributed by atoms with E-state index < -0.39 is 0 Å². The first-order chi connectivity index (χ1) is 8.15. The first-order valence-corrected chi connectivity index (χ1v) is 6.33. The van der Waals surface area contributed by atoms with E-state index in [-0.39, 0.29) is 0 Å². The number of aromatic nitrogens is 2. The highest BCUT2D eigenvalue weighted by Crippen LogP contribution is 2.25. The molecule has 86 valence electrons. The van der Waals surface area contributed by atoms with Gasteiger partial charge in [0.25, 0.3) is 0 Å². The molecule has 0 unspecified atom stereocenters. The predicted octanol–water partition coefficient (Wildman–Crippen LogP) is 3.26. The second-order valence-electron chi connectivity index (χ2n) is 4.24. The number of anilines is 1. The van der Waals surface area contributed by atoms with E-state index in [1.165, 1.54) is 11.1 Å². The van der Waals surface area contributed by atoms with Crippen LogP contribution in [0.3, 0.4) is 0 Å². The molecule has 3 rings (SSSR count). The lowest BCUT2D eigenvalue weighted by Crippen LogP contribution is -1.88. The first-order valence-electron chi connectivity index (χ1n) is 5.45. The molecule has 0 atom stereocenters. The number of benzene rings is 1. The van der Waals surface area contributed by atoms with Gasteiger partial charge in [-0.1, -0.05) is 12.1 Å². The van der Waals surface area contributed by atoms with Crippen molar-refractivity contribution < 1.29 is 0 Å². The third-order valence-corrected chi connectivity index (χ3v) is 3.90. The van der Waals surface area contributed by atoms with Crippen molar-refractivity contribution in [2.24, 2.45) is 0 Å². The summed E-state index contributed by atoms with van der Waals surface area (Å²) in [6.07, 6.45) is 1.99. The quantitative estimate of drug-likeness (QED) is 0.713. The topological polar surface area (TPSA) is 43.3 Å². The summed E-state index contributed by atoms with van der Waals surface area (Å²) in [7, 11) is 0. The smallest absolute Gasteiger partial charge is 0.195 e. The number of hydrogen-bond donors (Lipinski definition) is 1. The van der Waals surface area contributed by atoms with Crippen LogP contribution in [0.1, 0.15) is 11.1 Å². The Kier molecular flexibility index (Phi) is 2.19. The molecule has 0 amide bonds. The van der Waals surface area contributed by atoms with Crippen molar-refractivity contribution in [2.45, 2.75) is 13.8 Å². The number of nitrogen functional groups attached to an aromatic ring is 1. The summed E-state index contributed by atoms with van der Waals surface area (Å²) in [5.74, 6) is 0.743. The van der Waals surface area contributed by atoms with Gasteiger partial charge in [0.2, 0.25) is 0 Å². The van der Waals surface area contributed by atoms with Crippen LogP contribution in [0, 0.1) is 13.8 Å². The van der Waals surface area contributed by atoms with E-state index in [1.807, 2.05) is 16.0 Å². The number of hydrogen-bond acceptors (Lipinski definition) is 3. The Labute approximate surface area is 104 Å². The Morgan fingerprint density at radius 2 is 2.06 bits per heavy atom. The maximum Gasteiger partial charge on any atom is 0.195 e. The Bertz CT molecular complexity index is 694. The van der Waals surface area contributed by atoms with Gasteiger partial charge in [0, 0.05) is 17.1 Å². The van der Waals surface area contributed by atoms with Crippen molar-refractivity contribution in [3.63, 3.8) is 0 Å². The molecule has 0 aliphatic rings. The molecule has 0 aliphatic carbocycles. The van der Waals surface area contributed by atoms with Crippen LogP contribution < -0.4 is 5.73 Å². The molecule has 2 aromatic heterocycles. The van der Waals surface area contributed by atoms with Crippen molar-refractivity contribution in [2.75, 3.05) is 5.73 Å². The van der Waals surface area contributed by atoms with E-state index in [0.717, 1.165) is 22.0 Å².